The largest absolute Gasteiger partial charge is 0.355 e. The van der Waals surface area contributed by atoms with Crippen LogP contribution in [0.1, 0.15) is 27.9 Å². The van der Waals surface area contributed by atoms with E-state index in [4.69, 9.17) is 5.10 Å². The van der Waals surface area contributed by atoms with E-state index in [9.17, 15) is 9.59 Å². The molecule has 1 fully saturated rings. The lowest BCUT2D eigenvalue weighted by Gasteiger charge is -2.34. The zero-order valence-corrected chi connectivity index (χ0v) is 18.6. The van der Waals surface area contributed by atoms with Gasteiger partial charge in [0.1, 0.15) is 6.04 Å². The number of para-hydroxylation sites is 1. The Kier molecular flexibility index (Phi) is 6.48. The first kappa shape index (κ1) is 21.3. The van der Waals surface area contributed by atoms with Gasteiger partial charge in [0.05, 0.1) is 17.9 Å². The van der Waals surface area contributed by atoms with Crippen LogP contribution in [0.5, 0.6) is 0 Å². The van der Waals surface area contributed by atoms with Crippen LogP contribution in [0.15, 0.2) is 47.8 Å². The number of carbonyl (C=O) groups excluding carboxylic acids is 2. The molecule has 0 saturated carbocycles. The van der Waals surface area contributed by atoms with E-state index in [1.807, 2.05) is 65.2 Å². The second-order valence-corrected chi connectivity index (χ2v) is 8.71. The number of aromatic nitrogens is 2. The van der Waals surface area contributed by atoms with Gasteiger partial charge < -0.3 is 10.6 Å². The minimum Gasteiger partial charge on any atom is -0.355 e. The average Bonchev–Trinajstić information content (AvgIpc) is 3.37. The maximum atomic E-state index is 12.9. The molecule has 8 heteroatoms. The minimum absolute atomic E-state index is 0.0676. The van der Waals surface area contributed by atoms with Crippen molar-refractivity contribution in [2.45, 2.75) is 26.3 Å². The van der Waals surface area contributed by atoms with Gasteiger partial charge in [0.15, 0.2) is 0 Å². The van der Waals surface area contributed by atoms with Crippen LogP contribution >= 0.6 is 11.3 Å². The smallest absolute Gasteiger partial charge is 0.242 e. The standard InChI is InChI=1S/C23H27N5O2S/c1-16-21(17(2)28(26-16)18-7-4-3-5-8-18)22-23(30)25-12-13-27(22)15-20(29)24-11-10-19-9-6-14-31-19/h3-9,14,22H,10-13,15H2,1-2H3,(H,24,29)(H,25,30)/t22-/m0/s1. The Morgan fingerprint density at radius 1 is 1.23 bits per heavy atom. The molecule has 0 spiro atoms. The molecule has 1 atom stereocenters. The Hall–Kier alpha value is -2.97. The molecule has 1 aliphatic heterocycles. The molecular formula is C23H27N5O2S. The van der Waals surface area contributed by atoms with Crippen LogP contribution in [0, 0.1) is 13.8 Å². The van der Waals surface area contributed by atoms with Crippen LogP contribution in [0.25, 0.3) is 5.69 Å². The summed E-state index contributed by atoms with van der Waals surface area (Å²) in [6.45, 7) is 5.81. The molecule has 2 N–H and O–H groups in total. The van der Waals surface area contributed by atoms with Crippen molar-refractivity contribution in [1.29, 1.82) is 0 Å². The minimum atomic E-state index is -0.533. The zero-order chi connectivity index (χ0) is 21.8. The van der Waals surface area contributed by atoms with Crippen LogP contribution in [-0.4, -0.2) is 52.7 Å². The third-order valence-electron chi connectivity index (χ3n) is 5.55. The first-order valence-corrected chi connectivity index (χ1v) is 11.3. The second-order valence-electron chi connectivity index (χ2n) is 7.68. The molecule has 0 radical (unpaired) electrons. The summed E-state index contributed by atoms with van der Waals surface area (Å²) >= 11 is 1.69. The van der Waals surface area contributed by atoms with Gasteiger partial charge in [-0.05, 0) is 43.8 Å². The summed E-state index contributed by atoms with van der Waals surface area (Å²) in [5, 5.41) is 12.7. The van der Waals surface area contributed by atoms with E-state index in [2.05, 4.69) is 16.7 Å². The van der Waals surface area contributed by atoms with Crippen molar-refractivity contribution >= 4 is 23.2 Å². The van der Waals surface area contributed by atoms with Crippen molar-refractivity contribution < 1.29 is 9.59 Å². The van der Waals surface area contributed by atoms with Gasteiger partial charge in [0.25, 0.3) is 0 Å². The molecule has 0 aliphatic carbocycles. The van der Waals surface area contributed by atoms with Crippen molar-refractivity contribution in [3.8, 4) is 5.69 Å². The maximum absolute atomic E-state index is 12.9. The number of hydrogen-bond acceptors (Lipinski definition) is 5. The van der Waals surface area contributed by atoms with Gasteiger partial charge in [0.2, 0.25) is 11.8 Å². The molecular weight excluding hydrogens is 410 g/mol. The van der Waals surface area contributed by atoms with Crippen molar-refractivity contribution in [1.82, 2.24) is 25.3 Å². The van der Waals surface area contributed by atoms with Gasteiger partial charge in [-0.25, -0.2) is 4.68 Å². The number of hydrogen-bond donors (Lipinski definition) is 2. The van der Waals surface area contributed by atoms with E-state index in [0.29, 0.717) is 19.6 Å². The highest BCUT2D eigenvalue weighted by molar-refractivity contribution is 7.09. The summed E-state index contributed by atoms with van der Waals surface area (Å²) in [5.41, 5.74) is 3.52. The SMILES string of the molecule is Cc1nn(-c2ccccc2)c(C)c1[C@H]1C(=O)NCCN1CC(=O)NCCc1cccs1. The van der Waals surface area contributed by atoms with Crippen LogP contribution < -0.4 is 10.6 Å². The zero-order valence-electron chi connectivity index (χ0n) is 17.8. The molecule has 1 aliphatic rings. The van der Waals surface area contributed by atoms with E-state index in [-0.39, 0.29) is 18.4 Å². The second kappa shape index (κ2) is 9.45. The Morgan fingerprint density at radius 3 is 2.77 bits per heavy atom. The van der Waals surface area contributed by atoms with Crippen LogP contribution in [0.3, 0.4) is 0 Å². The molecule has 31 heavy (non-hydrogen) atoms. The summed E-state index contributed by atoms with van der Waals surface area (Å²) in [7, 11) is 0. The number of amides is 2. The lowest BCUT2D eigenvalue weighted by molar-refractivity contribution is -0.131. The summed E-state index contributed by atoms with van der Waals surface area (Å²) in [6.07, 6.45) is 0.815. The third kappa shape index (κ3) is 4.70. The van der Waals surface area contributed by atoms with E-state index in [0.717, 1.165) is 29.1 Å². The molecule has 3 aromatic rings. The number of thiophene rings is 1. The predicted octanol–water partition coefficient (Wildman–Crippen LogP) is 2.38. The summed E-state index contributed by atoms with van der Waals surface area (Å²) in [4.78, 5) is 28.7. The van der Waals surface area contributed by atoms with Gasteiger partial charge in [-0.15, -0.1) is 11.3 Å². The van der Waals surface area contributed by atoms with Crippen LogP contribution in [-0.2, 0) is 16.0 Å². The Labute approximate surface area is 186 Å². The molecule has 3 heterocycles. The number of nitrogens with one attached hydrogen (secondary N) is 2. The van der Waals surface area contributed by atoms with E-state index in [1.165, 1.54) is 4.88 Å². The number of nitrogens with zero attached hydrogens (tertiary/aromatic N) is 3. The van der Waals surface area contributed by atoms with Crippen LogP contribution in [0.4, 0.5) is 0 Å². The molecule has 0 bridgehead atoms. The molecule has 1 saturated heterocycles. The predicted molar refractivity (Wildman–Crippen MR) is 121 cm³/mol. The fourth-order valence-electron chi connectivity index (χ4n) is 4.09. The number of piperazine rings is 1. The maximum Gasteiger partial charge on any atom is 0.242 e. The molecule has 4 rings (SSSR count). The topological polar surface area (TPSA) is 79.3 Å². The van der Waals surface area contributed by atoms with Gasteiger partial charge in [-0.2, -0.15) is 5.10 Å². The molecule has 2 aromatic heterocycles. The first-order valence-electron chi connectivity index (χ1n) is 10.5. The molecule has 2 amide bonds. The summed E-state index contributed by atoms with van der Waals surface area (Å²) in [5.74, 6) is -0.154. The number of rotatable bonds is 7. The number of benzene rings is 1. The van der Waals surface area contributed by atoms with Crippen molar-refractivity contribution in [3.05, 3.63) is 69.7 Å². The Morgan fingerprint density at radius 2 is 2.03 bits per heavy atom. The molecule has 162 valence electrons. The van der Waals surface area contributed by atoms with E-state index in [1.54, 1.807) is 11.3 Å². The number of carbonyl (C=O) groups is 2. The van der Waals surface area contributed by atoms with Crippen molar-refractivity contribution in [2.24, 2.45) is 0 Å². The van der Waals surface area contributed by atoms with Gasteiger partial charge in [-0.3, -0.25) is 14.5 Å². The monoisotopic (exact) mass is 437 g/mol. The highest BCUT2D eigenvalue weighted by atomic mass is 32.1. The summed E-state index contributed by atoms with van der Waals surface area (Å²) < 4.78 is 1.87. The van der Waals surface area contributed by atoms with Crippen molar-refractivity contribution in [2.75, 3.05) is 26.2 Å². The normalized spacial score (nSPS) is 16.8. The first-order chi connectivity index (χ1) is 15.0. The van der Waals surface area contributed by atoms with Crippen molar-refractivity contribution in [3.63, 3.8) is 0 Å². The average molecular weight is 438 g/mol. The number of aryl methyl sites for hydroxylation is 1. The lowest BCUT2D eigenvalue weighted by atomic mass is 10.00. The quantitative estimate of drug-likeness (QED) is 0.595. The van der Waals surface area contributed by atoms with Crippen LogP contribution in [0.2, 0.25) is 0 Å². The Bertz CT molecular complexity index is 1050. The Balaban J connectivity index is 1.51. The van der Waals surface area contributed by atoms with E-state index >= 15 is 0 Å². The molecule has 1 aromatic carbocycles. The fraction of sp³-hybridized carbons (Fsp3) is 0.348. The molecule has 7 nitrogen and oxygen atoms in total. The van der Waals surface area contributed by atoms with E-state index < -0.39 is 6.04 Å². The summed E-state index contributed by atoms with van der Waals surface area (Å²) in [6, 6.07) is 13.4. The highest BCUT2D eigenvalue weighted by Gasteiger charge is 2.36. The molecule has 0 unspecified atom stereocenters. The third-order valence-corrected chi connectivity index (χ3v) is 6.49. The lowest BCUT2D eigenvalue weighted by Crippen LogP contribution is -2.53. The fourth-order valence-corrected chi connectivity index (χ4v) is 4.80. The van der Waals surface area contributed by atoms with Gasteiger partial charge >= 0.3 is 0 Å². The highest BCUT2D eigenvalue weighted by Crippen LogP contribution is 2.30. The van der Waals surface area contributed by atoms with Gasteiger partial charge in [-0.1, -0.05) is 24.3 Å². The van der Waals surface area contributed by atoms with Gasteiger partial charge in [0, 0.05) is 35.8 Å².